The standard InChI is InChI=1S/C11H18N2O2/c1-2-15-10(9-12)6-8-13-7-4-3-5-11(13)14/h3-5,7,10H,2,6,8-9,12H2,1H3. The first-order chi connectivity index (χ1) is 7.27. The van der Waals surface area contributed by atoms with E-state index in [0.29, 0.717) is 19.7 Å². The molecule has 1 atom stereocenters. The predicted molar refractivity (Wildman–Crippen MR) is 59.8 cm³/mol. The maximum absolute atomic E-state index is 11.4. The van der Waals surface area contributed by atoms with Gasteiger partial charge in [-0.15, -0.1) is 0 Å². The van der Waals surface area contributed by atoms with Crippen molar-refractivity contribution in [1.82, 2.24) is 4.57 Å². The quantitative estimate of drug-likeness (QED) is 0.748. The molecule has 4 heteroatoms. The second kappa shape index (κ2) is 6.37. The van der Waals surface area contributed by atoms with E-state index >= 15 is 0 Å². The normalized spacial score (nSPS) is 12.7. The van der Waals surface area contributed by atoms with E-state index < -0.39 is 0 Å². The van der Waals surface area contributed by atoms with Crippen LogP contribution in [-0.2, 0) is 11.3 Å². The molecule has 0 spiro atoms. The van der Waals surface area contributed by atoms with Crippen LogP contribution in [0, 0.1) is 0 Å². The van der Waals surface area contributed by atoms with E-state index in [1.54, 1.807) is 22.9 Å². The van der Waals surface area contributed by atoms with Crippen molar-refractivity contribution >= 4 is 0 Å². The first-order valence-electron chi connectivity index (χ1n) is 5.25. The molecule has 2 N–H and O–H groups in total. The van der Waals surface area contributed by atoms with E-state index in [2.05, 4.69) is 0 Å². The van der Waals surface area contributed by atoms with Gasteiger partial charge in [0.1, 0.15) is 0 Å². The topological polar surface area (TPSA) is 57.2 Å². The molecule has 15 heavy (non-hydrogen) atoms. The predicted octanol–water partition coefficient (Wildman–Crippen LogP) is 0.602. The smallest absolute Gasteiger partial charge is 0.250 e. The van der Waals surface area contributed by atoms with Gasteiger partial charge in [0.15, 0.2) is 0 Å². The molecule has 4 nitrogen and oxygen atoms in total. The minimum Gasteiger partial charge on any atom is -0.377 e. The summed E-state index contributed by atoms with van der Waals surface area (Å²) in [5.41, 5.74) is 5.57. The summed E-state index contributed by atoms with van der Waals surface area (Å²) >= 11 is 0. The fraction of sp³-hybridized carbons (Fsp3) is 0.545. The maximum Gasteiger partial charge on any atom is 0.250 e. The summed E-state index contributed by atoms with van der Waals surface area (Å²) in [4.78, 5) is 11.4. The zero-order valence-electron chi connectivity index (χ0n) is 9.06. The van der Waals surface area contributed by atoms with Crippen LogP contribution < -0.4 is 11.3 Å². The zero-order valence-corrected chi connectivity index (χ0v) is 9.06. The summed E-state index contributed by atoms with van der Waals surface area (Å²) < 4.78 is 7.08. The Morgan fingerprint density at radius 2 is 2.33 bits per heavy atom. The largest absolute Gasteiger partial charge is 0.377 e. The highest BCUT2D eigenvalue weighted by Crippen LogP contribution is 1.98. The Balaban J connectivity index is 2.49. The van der Waals surface area contributed by atoms with Gasteiger partial charge in [-0.25, -0.2) is 0 Å². The SMILES string of the molecule is CCOC(CN)CCn1ccccc1=O. The minimum absolute atomic E-state index is 0.0183. The van der Waals surface area contributed by atoms with Crippen molar-refractivity contribution in [3.63, 3.8) is 0 Å². The van der Waals surface area contributed by atoms with E-state index in [1.165, 1.54) is 0 Å². The molecule has 0 aromatic carbocycles. The van der Waals surface area contributed by atoms with Crippen LogP contribution in [-0.4, -0.2) is 23.8 Å². The Kier molecular flexibility index (Phi) is 5.07. The van der Waals surface area contributed by atoms with Gasteiger partial charge in [0.2, 0.25) is 5.56 Å². The molecule has 1 rings (SSSR count). The molecule has 0 aliphatic heterocycles. The van der Waals surface area contributed by atoms with Crippen LogP contribution in [0.25, 0.3) is 0 Å². The molecule has 0 saturated heterocycles. The second-order valence-corrected chi connectivity index (χ2v) is 3.33. The van der Waals surface area contributed by atoms with Gasteiger partial charge in [-0.2, -0.15) is 0 Å². The number of hydrogen-bond acceptors (Lipinski definition) is 3. The molecule has 0 fully saturated rings. The van der Waals surface area contributed by atoms with Crippen LogP contribution >= 0.6 is 0 Å². The number of aromatic nitrogens is 1. The Morgan fingerprint density at radius 3 is 2.93 bits per heavy atom. The van der Waals surface area contributed by atoms with Gasteiger partial charge >= 0.3 is 0 Å². The highest BCUT2D eigenvalue weighted by molar-refractivity contribution is 4.93. The summed E-state index contributed by atoms with van der Waals surface area (Å²) in [6.07, 6.45) is 2.60. The average molecular weight is 210 g/mol. The van der Waals surface area contributed by atoms with E-state index in [0.717, 1.165) is 6.42 Å². The van der Waals surface area contributed by atoms with Crippen molar-refractivity contribution in [2.24, 2.45) is 5.73 Å². The maximum atomic E-state index is 11.4. The highest BCUT2D eigenvalue weighted by atomic mass is 16.5. The van der Waals surface area contributed by atoms with Crippen LogP contribution in [0.4, 0.5) is 0 Å². The zero-order chi connectivity index (χ0) is 11.1. The summed E-state index contributed by atoms with van der Waals surface area (Å²) in [5.74, 6) is 0. The lowest BCUT2D eigenvalue weighted by Gasteiger charge is -2.15. The molecular formula is C11H18N2O2. The minimum atomic E-state index is 0.0183. The molecular weight excluding hydrogens is 192 g/mol. The van der Waals surface area contributed by atoms with Gasteiger partial charge in [0.05, 0.1) is 6.10 Å². The number of nitrogens with zero attached hydrogens (tertiary/aromatic N) is 1. The van der Waals surface area contributed by atoms with Gasteiger partial charge in [-0.05, 0) is 19.4 Å². The van der Waals surface area contributed by atoms with Crippen LogP contribution in [0.2, 0.25) is 0 Å². The Hall–Kier alpha value is -1.13. The first kappa shape index (κ1) is 11.9. The van der Waals surface area contributed by atoms with Crippen LogP contribution in [0.1, 0.15) is 13.3 Å². The molecule has 0 saturated carbocycles. The lowest BCUT2D eigenvalue weighted by molar-refractivity contribution is 0.0597. The molecule has 1 aromatic heterocycles. The van der Waals surface area contributed by atoms with Gasteiger partial charge in [0.25, 0.3) is 0 Å². The molecule has 84 valence electrons. The summed E-state index contributed by atoms with van der Waals surface area (Å²) in [5, 5.41) is 0. The molecule has 1 heterocycles. The fourth-order valence-electron chi connectivity index (χ4n) is 1.43. The van der Waals surface area contributed by atoms with Gasteiger partial charge in [-0.1, -0.05) is 6.07 Å². The number of nitrogens with two attached hydrogens (primary N) is 1. The first-order valence-corrected chi connectivity index (χ1v) is 5.25. The third-order valence-corrected chi connectivity index (χ3v) is 2.26. The van der Waals surface area contributed by atoms with E-state index in [9.17, 15) is 4.79 Å². The second-order valence-electron chi connectivity index (χ2n) is 3.33. The average Bonchev–Trinajstić information content (AvgIpc) is 2.26. The monoisotopic (exact) mass is 210 g/mol. The Labute approximate surface area is 89.7 Å². The third kappa shape index (κ3) is 3.85. The molecule has 0 aliphatic rings. The van der Waals surface area contributed by atoms with Gasteiger partial charge in [0, 0.05) is 32.0 Å². The Morgan fingerprint density at radius 1 is 1.53 bits per heavy atom. The number of rotatable bonds is 6. The Bertz CT molecular complexity index is 335. The van der Waals surface area contributed by atoms with Crippen molar-refractivity contribution in [3.8, 4) is 0 Å². The van der Waals surface area contributed by atoms with Gasteiger partial charge < -0.3 is 15.0 Å². The molecule has 0 aliphatic carbocycles. The summed E-state index contributed by atoms with van der Waals surface area (Å²) in [6, 6.07) is 5.14. The summed E-state index contributed by atoms with van der Waals surface area (Å²) in [7, 11) is 0. The number of aryl methyl sites for hydroxylation is 1. The van der Waals surface area contributed by atoms with Crippen molar-refractivity contribution in [2.45, 2.75) is 26.0 Å². The lowest BCUT2D eigenvalue weighted by Crippen LogP contribution is -2.27. The highest BCUT2D eigenvalue weighted by Gasteiger charge is 2.05. The van der Waals surface area contributed by atoms with Crippen LogP contribution in [0.3, 0.4) is 0 Å². The molecule has 1 unspecified atom stereocenters. The molecule has 0 amide bonds. The van der Waals surface area contributed by atoms with Crippen LogP contribution in [0.15, 0.2) is 29.2 Å². The fourth-order valence-corrected chi connectivity index (χ4v) is 1.43. The molecule has 0 radical (unpaired) electrons. The van der Waals surface area contributed by atoms with Crippen molar-refractivity contribution in [1.29, 1.82) is 0 Å². The van der Waals surface area contributed by atoms with Crippen molar-refractivity contribution < 1.29 is 4.74 Å². The van der Waals surface area contributed by atoms with Crippen molar-refractivity contribution in [3.05, 3.63) is 34.7 Å². The molecule has 1 aromatic rings. The van der Waals surface area contributed by atoms with E-state index in [4.69, 9.17) is 10.5 Å². The van der Waals surface area contributed by atoms with Crippen molar-refractivity contribution in [2.75, 3.05) is 13.2 Å². The summed E-state index contributed by atoms with van der Waals surface area (Å²) in [6.45, 7) is 3.75. The third-order valence-electron chi connectivity index (χ3n) is 2.26. The number of hydrogen-bond donors (Lipinski definition) is 1. The molecule has 0 bridgehead atoms. The number of pyridine rings is 1. The van der Waals surface area contributed by atoms with Gasteiger partial charge in [-0.3, -0.25) is 4.79 Å². The van der Waals surface area contributed by atoms with E-state index in [-0.39, 0.29) is 11.7 Å². The number of ether oxygens (including phenoxy) is 1. The van der Waals surface area contributed by atoms with Crippen LogP contribution in [0.5, 0.6) is 0 Å². The van der Waals surface area contributed by atoms with E-state index in [1.807, 2.05) is 13.0 Å². The lowest BCUT2D eigenvalue weighted by atomic mass is 10.2.